The van der Waals surface area contributed by atoms with Crippen molar-refractivity contribution in [2.75, 3.05) is 32.7 Å². The van der Waals surface area contributed by atoms with Crippen molar-refractivity contribution in [2.45, 2.75) is 6.42 Å². The second kappa shape index (κ2) is 6.59. The average Bonchev–Trinajstić information content (AvgIpc) is 2.56. The van der Waals surface area contributed by atoms with E-state index in [4.69, 9.17) is 6.42 Å². The number of para-hydroxylation sites is 1. The van der Waals surface area contributed by atoms with Crippen LogP contribution in [-0.2, 0) is 11.2 Å². The van der Waals surface area contributed by atoms with Gasteiger partial charge in [-0.15, -0.1) is 6.42 Å². The van der Waals surface area contributed by atoms with E-state index in [1.165, 1.54) is 0 Å². The van der Waals surface area contributed by atoms with E-state index in [1.807, 2.05) is 35.2 Å². The van der Waals surface area contributed by atoms with Gasteiger partial charge in [-0.2, -0.15) is 0 Å². The van der Waals surface area contributed by atoms with E-state index in [0.29, 0.717) is 13.0 Å². The second-order valence-corrected chi connectivity index (χ2v) is 5.53. The first kappa shape index (κ1) is 14.6. The average molecular weight is 293 g/mol. The number of rotatable bonds is 3. The van der Waals surface area contributed by atoms with Crippen molar-refractivity contribution in [1.29, 1.82) is 0 Å². The van der Waals surface area contributed by atoms with Crippen LogP contribution in [0.2, 0.25) is 0 Å². The summed E-state index contributed by atoms with van der Waals surface area (Å²) >= 11 is 0. The van der Waals surface area contributed by atoms with Crippen LogP contribution in [0.3, 0.4) is 0 Å². The first-order chi connectivity index (χ1) is 10.8. The number of nitrogens with zero attached hydrogens (tertiary/aromatic N) is 3. The van der Waals surface area contributed by atoms with Crippen LogP contribution in [0.25, 0.3) is 10.9 Å². The summed E-state index contributed by atoms with van der Waals surface area (Å²) in [5, 5.41) is 1.08. The molecule has 22 heavy (non-hydrogen) atoms. The topological polar surface area (TPSA) is 36.4 Å². The minimum Gasteiger partial charge on any atom is -0.340 e. The SMILES string of the molecule is C#CCN1CCN(C(=O)Cc2cccc3cccnc23)CC1. The molecule has 0 saturated carbocycles. The fourth-order valence-corrected chi connectivity index (χ4v) is 2.87. The lowest BCUT2D eigenvalue weighted by Crippen LogP contribution is -2.49. The van der Waals surface area contributed by atoms with Crippen LogP contribution in [0.15, 0.2) is 36.5 Å². The molecule has 4 heteroatoms. The highest BCUT2D eigenvalue weighted by Gasteiger charge is 2.21. The van der Waals surface area contributed by atoms with Gasteiger partial charge in [-0.25, -0.2) is 0 Å². The molecule has 2 heterocycles. The largest absolute Gasteiger partial charge is 0.340 e. The zero-order valence-corrected chi connectivity index (χ0v) is 12.5. The van der Waals surface area contributed by atoms with Crippen molar-refractivity contribution >= 4 is 16.8 Å². The number of pyridine rings is 1. The van der Waals surface area contributed by atoms with Gasteiger partial charge in [-0.1, -0.05) is 30.2 Å². The van der Waals surface area contributed by atoms with Crippen LogP contribution in [0, 0.1) is 12.3 Å². The number of hydrogen-bond donors (Lipinski definition) is 0. The minimum atomic E-state index is 0.165. The molecule has 112 valence electrons. The maximum atomic E-state index is 12.5. The van der Waals surface area contributed by atoms with E-state index in [0.717, 1.165) is 42.6 Å². The van der Waals surface area contributed by atoms with Crippen molar-refractivity contribution in [2.24, 2.45) is 0 Å². The highest BCUT2D eigenvalue weighted by molar-refractivity contribution is 5.87. The predicted molar refractivity (Wildman–Crippen MR) is 87.3 cm³/mol. The van der Waals surface area contributed by atoms with Crippen molar-refractivity contribution in [3.8, 4) is 12.3 Å². The number of fused-ring (bicyclic) bond motifs is 1. The smallest absolute Gasteiger partial charge is 0.227 e. The Morgan fingerprint density at radius 3 is 2.73 bits per heavy atom. The molecule has 1 aliphatic heterocycles. The molecule has 0 N–H and O–H groups in total. The summed E-state index contributed by atoms with van der Waals surface area (Å²) in [6.07, 6.45) is 7.51. The first-order valence-electron chi connectivity index (χ1n) is 7.54. The lowest BCUT2D eigenvalue weighted by molar-refractivity contribution is -0.132. The van der Waals surface area contributed by atoms with Gasteiger partial charge in [-0.05, 0) is 11.6 Å². The van der Waals surface area contributed by atoms with Crippen LogP contribution in [0.4, 0.5) is 0 Å². The third-order valence-electron chi connectivity index (χ3n) is 4.10. The Bertz CT molecular complexity index is 706. The van der Waals surface area contributed by atoms with Gasteiger partial charge in [-0.3, -0.25) is 14.7 Å². The summed E-state index contributed by atoms with van der Waals surface area (Å²) in [7, 11) is 0. The molecule has 2 aromatic rings. The van der Waals surface area contributed by atoms with Crippen LogP contribution >= 0.6 is 0 Å². The van der Waals surface area contributed by atoms with Gasteiger partial charge in [0.05, 0.1) is 18.5 Å². The number of hydrogen-bond acceptors (Lipinski definition) is 3. The van der Waals surface area contributed by atoms with E-state index in [1.54, 1.807) is 6.20 Å². The van der Waals surface area contributed by atoms with Crippen LogP contribution in [0.5, 0.6) is 0 Å². The van der Waals surface area contributed by atoms with Gasteiger partial charge in [0, 0.05) is 37.8 Å². The number of carbonyl (C=O) groups excluding carboxylic acids is 1. The van der Waals surface area contributed by atoms with Crippen molar-refractivity contribution < 1.29 is 4.79 Å². The Morgan fingerprint density at radius 1 is 1.18 bits per heavy atom. The zero-order valence-electron chi connectivity index (χ0n) is 12.5. The maximum Gasteiger partial charge on any atom is 0.227 e. The van der Waals surface area contributed by atoms with Gasteiger partial charge < -0.3 is 4.90 Å². The molecule has 0 unspecified atom stereocenters. The summed E-state index contributed by atoms with van der Waals surface area (Å²) in [6, 6.07) is 9.93. The monoisotopic (exact) mass is 293 g/mol. The zero-order chi connectivity index (χ0) is 15.4. The molecule has 1 amide bonds. The van der Waals surface area contributed by atoms with E-state index in [2.05, 4.69) is 15.8 Å². The molecule has 0 bridgehead atoms. The quantitative estimate of drug-likeness (QED) is 0.806. The highest BCUT2D eigenvalue weighted by Crippen LogP contribution is 2.17. The molecule has 1 saturated heterocycles. The fraction of sp³-hybridized carbons (Fsp3) is 0.333. The third-order valence-corrected chi connectivity index (χ3v) is 4.10. The van der Waals surface area contributed by atoms with Crippen LogP contribution in [-0.4, -0.2) is 53.4 Å². The molecule has 0 radical (unpaired) electrons. The Balaban J connectivity index is 1.68. The van der Waals surface area contributed by atoms with Crippen LogP contribution in [0.1, 0.15) is 5.56 Å². The Morgan fingerprint density at radius 2 is 1.95 bits per heavy atom. The molecule has 0 atom stereocenters. The Hall–Kier alpha value is -2.38. The third kappa shape index (κ3) is 3.10. The highest BCUT2D eigenvalue weighted by atomic mass is 16.2. The van der Waals surface area contributed by atoms with E-state index in [9.17, 15) is 4.79 Å². The lowest BCUT2D eigenvalue weighted by Gasteiger charge is -2.33. The molecule has 0 aliphatic carbocycles. The number of piperazine rings is 1. The van der Waals surface area contributed by atoms with E-state index in [-0.39, 0.29) is 5.91 Å². The normalized spacial score (nSPS) is 15.7. The van der Waals surface area contributed by atoms with Crippen molar-refractivity contribution in [3.63, 3.8) is 0 Å². The second-order valence-electron chi connectivity index (χ2n) is 5.53. The fourth-order valence-electron chi connectivity index (χ4n) is 2.87. The number of amides is 1. The Labute approximate surface area is 130 Å². The summed E-state index contributed by atoms with van der Waals surface area (Å²) in [5.41, 5.74) is 1.92. The predicted octanol–water partition coefficient (Wildman–Crippen LogP) is 1.55. The van der Waals surface area contributed by atoms with E-state index < -0.39 is 0 Å². The lowest BCUT2D eigenvalue weighted by atomic mass is 10.1. The minimum absolute atomic E-state index is 0.165. The number of aromatic nitrogens is 1. The van der Waals surface area contributed by atoms with Crippen molar-refractivity contribution in [3.05, 3.63) is 42.1 Å². The van der Waals surface area contributed by atoms with Gasteiger partial charge in [0.15, 0.2) is 0 Å². The Kier molecular flexibility index (Phi) is 4.36. The molecular weight excluding hydrogens is 274 g/mol. The van der Waals surface area contributed by atoms with Gasteiger partial charge in [0.1, 0.15) is 0 Å². The van der Waals surface area contributed by atoms with E-state index >= 15 is 0 Å². The maximum absolute atomic E-state index is 12.5. The molecular formula is C18H19N3O. The molecule has 1 fully saturated rings. The molecule has 0 spiro atoms. The standard InChI is InChI=1S/C18H19N3O/c1-2-9-20-10-12-21(13-11-20)17(22)14-16-6-3-5-15-7-4-8-19-18(15)16/h1,3-8H,9-14H2. The number of benzene rings is 1. The van der Waals surface area contributed by atoms with Gasteiger partial charge >= 0.3 is 0 Å². The molecule has 1 aromatic heterocycles. The summed E-state index contributed by atoms with van der Waals surface area (Å²) < 4.78 is 0. The number of carbonyl (C=O) groups is 1. The first-order valence-corrected chi connectivity index (χ1v) is 7.54. The molecule has 1 aromatic carbocycles. The van der Waals surface area contributed by atoms with Gasteiger partial charge in [0.2, 0.25) is 5.91 Å². The van der Waals surface area contributed by atoms with Crippen molar-refractivity contribution in [1.82, 2.24) is 14.8 Å². The van der Waals surface area contributed by atoms with Crippen LogP contribution < -0.4 is 0 Å². The molecule has 4 nitrogen and oxygen atoms in total. The van der Waals surface area contributed by atoms with Gasteiger partial charge in [0.25, 0.3) is 0 Å². The summed E-state index contributed by atoms with van der Waals surface area (Å²) in [4.78, 5) is 21.1. The molecule has 3 rings (SSSR count). The summed E-state index contributed by atoms with van der Waals surface area (Å²) in [6.45, 7) is 3.86. The number of terminal acetylenes is 1. The summed E-state index contributed by atoms with van der Waals surface area (Å²) in [5.74, 6) is 2.82. The molecule has 1 aliphatic rings.